The van der Waals surface area contributed by atoms with Gasteiger partial charge in [-0.25, -0.2) is 4.98 Å². The summed E-state index contributed by atoms with van der Waals surface area (Å²) >= 11 is 1.19. The molecule has 0 bridgehead atoms. The first-order valence-corrected chi connectivity index (χ1v) is 8.74. The molecule has 0 aliphatic heterocycles. The number of nitriles is 1. The molecule has 0 fully saturated rings. The summed E-state index contributed by atoms with van der Waals surface area (Å²) in [6, 6.07) is 3.45. The van der Waals surface area contributed by atoms with Crippen LogP contribution in [0.5, 0.6) is 0 Å². The van der Waals surface area contributed by atoms with Gasteiger partial charge in [-0.05, 0) is 12.3 Å². The molecule has 0 aliphatic rings. The van der Waals surface area contributed by atoms with Crippen molar-refractivity contribution in [3.63, 3.8) is 0 Å². The van der Waals surface area contributed by atoms with Crippen LogP contribution in [0, 0.1) is 11.3 Å². The summed E-state index contributed by atoms with van der Waals surface area (Å²) in [7, 11) is 1.65. The highest BCUT2D eigenvalue weighted by molar-refractivity contribution is 8.00. The minimum atomic E-state index is -0.466. The van der Waals surface area contributed by atoms with Gasteiger partial charge in [0.2, 0.25) is 5.91 Å². The first-order valence-electron chi connectivity index (χ1n) is 7.86. The molecule has 8 nitrogen and oxygen atoms in total. The van der Waals surface area contributed by atoms with E-state index >= 15 is 0 Å². The molecule has 2 heterocycles. The second-order valence-electron chi connectivity index (χ2n) is 5.78. The van der Waals surface area contributed by atoms with Gasteiger partial charge in [0.05, 0.1) is 17.1 Å². The van der Waals surface area contributed by atoms with Crippen LogP contribution in [0.2, 0.25) is 0 Å². The lowest BCUT2D eigenvalue weighted by molar-refractivity contribution is -0.115. The third-order valence-corrected chi connectivity index (χ3v) is 4.80. The van der Waals surface area contributed by atoms with Gasteiger partial charge in [-0.15, -0.1) is 0 Å². The largest absolute Gasteiger partial charge is 0.309 e. The van der Waals surface area contributed by atoms with Crippen LogP contribution in [0.3, 0.4) is 0 Å². The highest BCUT2D eigenvalue weighted by Crippen LogP contribution is 2.24. The average molecular weight is 360 g/mol. The summed E-state index contributed by atoms with van der Waals surface area (Å²) < 4.78 is 1.44. The van der Waals surface area contributed by atoms with Gasteiger partial charge < -0.3 is 10.3 Å². The van der Waals surface area contributed by atoms with E-state index in [-0.39, 0.29) is 17.4 Å². The van der Waals surface area contributed by atoms with Crippen LogP contribution in [0.25, 0.3) is 0 Å². The van der Waals surface area contributed by atoms with E-state index in [1.54, 1.807) is 7.05 Å². The third-order valence-electron chi connectivity index (χ3n) is 3.55. The molecule has 25 heavy (non-hydrogen) atoms. The fourth-order valence-electron chi connectivity index (χ4n) is 2.13. The zero-order valence-corrected chi connectivity index (χ0v) is 15.3. The van der Waals surface area contributed by atoms with E-state index in [0.29, 0.717) is 28.7 Å². The summed E-state index contributed by atoms with van der Waals surface area (Å²) in [5, 5.41) is 15.7. The monoisotopic (exact) mass is 360 g/mol. The number of aromatic nitrogens is 4. The molecule has 2 N–H and O–H groups in total. The van der Waals surface area contributed by atoms with Crippen LogP contribution >= 0.6 is 11.8 Å². The lowest BCUT2D eigenvalue weighted by Crippen LogP contribution is -2.27. The second kappa shape index (κ2) is 7.98. The van der Waals surface area contributed by atoms with Gasteiger partial charge in [0.1, 0.15) is 17.5 Å². The van der Waals surface area contributed by atoms with Crippen LogP contribution in [0.4, 0.5) is 5.82 Å². The molecule has 1 unspecified atom stereocenters. The van der Waals surface area contributed by atoms with E-state index in [0.717, 1.165) is 0 Å². The minimum absolute atomic E-state index is 0.114. The molecule has 1 atom stereocenters. The Morgan fingerprint density at radius 1 is 1.52 bits per heavy atom. The Bertz CT molecular complexity index is 864. The highest BCUT2D eigenvalue weighted by atomic mass is 32.2. The van der Waals surface area contributed by atoms with E-state index in [1.807, 2.05) is 26.8 Å². The van der Waals surface area contributed by atoms with Crippen molar-refractivity contribution in [1.82, 2.24) is 19.7 Å². The molecule has 0 aromatic carbocycles. The van der Waals surface area contributed by atoms with E-state index in [9.17, 15) is 9.59 Å². The Morgan fingerprint density at radius 2 is 2.24 bits per heavy atom. The molecule has 0 saturated carbocycles. The molecule has 2 aromatic heterocycles. The van der Waals surface area contributed by atoms with Gasteiger partial charge >= 0.3 is 0 Å². The highest BCUT2D eigenvalue weighted by Gasteiger charge is 2.22. The summed E-state index contributed by atoms with van der Waals surface area (Å²) in [6.07, 6.45) is 1.93. The number of nitrogens with zero attached hydrogens (tertiary/aromatic N) is 4. The number of H-pyrrole nitrogens is 1. The molecule has 2 aromatic rings. The van der Waals surface area contributed by atoms with E-state index in [1.165, 1.54) is 28.7 Å². The average Bonchev–Trinajstić information content (AvgIpc) is 2.92. The number of anilines is 1. The van der Waals surface area contributed by atoms with Crippen molar-refractivity contribution in [1.29, 1.82) is 5.26 Å². The van der Waals surface area contributed by atoms with Crippen LogP contribution in [-0.2, 0) is 11.8 Å². The maximum Gasteiger partial charge on any atom is 0.251 e. The number of nitrogens with one attached hydrogen (secondary N) is 2. The molecular weight excluding hydrogens is 340 g/mol. The summed E-state index contributed by atoms with van der Waals surface area (Å²) in [5.41, 5.74) is 0.735. The summed E-state index contributed by atoms with van der Waals surface area (Å²) in [5.74, 6) is 0.192. The van der Waals surface area contributed by atoms with Crippen molar-refractivity contribution in [3.05, 3.63) is 33.9 Å². The van der Waals surface area contributed by atoms with Crippen molar-refractivity contribution in [2.75, 3.05) is 5.32 Å². The molecule has 0 aliphatic carbocycles. The van der Waals surface area contributed by atoms with Gasteiger partial charge in [0.25, 0.3) is 5.56 Å². The Morgan fingerprint density at radius 3 is 2.84 bits per heavy atom. The number of aromatic amines is 1. The van der Waals surface area contributed by atoms with Gasteiger partial charge in [0, 0.05) is 13.1 Å². The molecule has 1 amide bonds. The lowest BCUT2D eigenvalue weighted by atomic mass is 10.1. The normalized spacial score (nSPS) is 12.0. The quantitative estimate of drug-likeness (QED) is 0.601. The number of thioether (sulfide) groups is 1. The number of hydrogen-bond donors (Lipinski definition) is 2. The van der Waals surface area contributed by atoms with Crippen molar-refractivity contribution in [2.45, 2.75) is 43.5 Å². The van der Waals surface area contributed by atoms with E-state index in [2.05, 4.69) is 20.4 Å². The van der Waals surface area contributed by atoms with E-state index in [4.69, 9.17) is 5.26 Å². The summed E-state index contributed by atoms with van der Waals surface area (Å²) in [6.45, 7) is 5.77. The first-order chi connectivity index (χ1) is 11.8. The van der Waals surface area contributed by atoms with Crippen molar-refractivity contribution < 1.29 is 4.79 Å². The number of rotatable bonds is 6. The molecule has 0 radical (unpaired) electrons. The zero-order valence-electron chi connectivity index (χ0n) is 14.5. The number of carbonyl (C=O) groups excluding carboxylic acids is 1. The molecule has 0 saturated heterocycles. The summed E-state index contributed by atoms with van der Waals surface area (Å²) in [4.78, 5) is 31.4. The van der Waals surface area contributed by atoms with E-state index < -0.39 is 5.25 Å². The Labute approximate surface area is 149 Å². The molecule has 0 spiro atoms. The molecule has 2 rings (SSSR count). The van der Waals surface area contributed by atoms with Crippen LogP contribution in [-0.4, -0.2) is 30.9 Å². The number of carbonyl (C=O) groups is 1. The number of hydrogen-bond acceptors (Lipinski definition) is 6. The Balaban J connectivity index is 2.20. The van der Waals surface area contributed by atoms with Crippen LogP contribution in [0.1, 0.15) is 44.4 Å². The van der Waals surface area contributed by atoms with Gasteiger partial charge in [-0.2, -0.15) is 10.4 Å². The van der Waals surface area contributed by atoms with Gasteiger partial charge in [-0.3, -0.25) is 14.3 Å². The molecular formula is C16H20N6O2S. The Hall–Kier alpha value is -2.60. The first kappa shape index (κ1) is 18.7. The molecule has 132 valence electrons. The fraction of sp³-hybridized carbons (Fsp3) is 0.438. The number of aryl methyl sites for hydroxylation is 1. The maximum atomic E-state index is 12.6. The third kappa shape index (κ3) is 4.48. The van der Waals surface area contributed by atoms with Crippen molar-refractivity contribution in [3.8, 4) is 6.07 Å². The molecule has 9 heteroatoms. The zero-order chi connectivity index (χ0) is 18.6. The number of amides is 1. The topological polar surface area (TPSA) is 116 Å². The SMILES string of the molecule is CCC(Sc1nc(C(C)C)cc(=O)[nH]1)C(=O)Nc1c(C#N)cnn1C. The smallest absolute Gasteiger partial charge is 0.251 e. The fourth-order valence-corrected chi connectivity index (χ4v) is 3.05. The van der Waals surface area contributed by atoms with Gasteiger partial charge in [-0.1, -0.05) is 32.5 Å². The van der Waals surface area contributed by atoms with Crippen molar-refractivity contribution >= 4 is 23.5 Å². The standard InChI is InChI=1S/C16H20N6O2S/c1-5-12(15(24)21-14-10(7-17)8-18-22(14)4)25-16-19-11(9(2)3)6-13(23)20-16/h6,8-9,12H,5H2,1-4H3,(H,21,24)(H,19,20,23). The second-order valence-corrected chi connectivity index (χ2v) is 6.97. The van der Waals surface area contributed by atoms with Gasteiger partial charge in [0.15, 0.2) is 5.16 Å². The van der Waals surface area contributed by atoms with Crippen LogP contribution < -0.4 is 10.9 Å². The Kier molecular flexibility index (Phi) is 5.98. The van der Waals surface area contributed by atoms with Crippen LogP contribution in [0.15, 0.2) is 22.2 Å². The minimum Gasteiger partial charge on any atom is -0.309 e. The predicted octanol–water partition coefficient (Wildman–Crippen LogP) is 2.01. The maximum absolute atomic E-state index is 12.6. The lowest BCUT2D eigenvalue weighted by Gasteiger charge is -2.15. The predicted molar refractivity (Wildman–Crippen MR) is 95.4 cm³/mol. The van der Waals surface area contributed by atoms with Crippen molar-refractivity contribution in [2.24, 2.45) is 7.05 Å².